The number of hydrogen-bond acceptors (Lipinski definition) is 3. The van der Waals surface area contributed by atoms with Gasteiger partial charge in [0.2, 0.25) is 0 Å². The van der Waals surface area contributed by atoms with Crippen molar-refractivity contribution < 1.29 is 0 Å². The summed E-state index contributed by atoms with van der Waals surface area (Å²) in [6.45, 7) is 0.719. The molecule has 1 rings (SSSR count). The van der Waals surface area contributed by atoms with Gasteiger partial charge in [0.1, 0.15) is 0 Å². The Morgan fingerprint density at radius 2 is 2.08 bits per heavy atom. The number of halogens is 1. The van der Waals surface area contributed by atoms with Crippen LogP contribution in [0.25, 0.3) is 0 Å². The van der Waals surface area contributed by atoms with E-state index in [1.165, 1.54) is 4.90 Å². The van der Waals surface area contributed by atoms with E-state index >= 15 is 0 Å². The maximum atomic E-state index is 5.74. The molecule has 0 spiro atoms. The fraction of sp³-hybridized carbons (Fsp3) is 0.222. The second-order valence-electron chi connectivity index (χ2n) is 2.28. The zero-order chi connectivity index (χ0) is 9.52. The molecule has 68 valence electrons. The zero-order valence-corrected chi connectivity index (χ0v) is 9.25. The van der Waals surface area contributed by atoms with Crippen molar-refractivity contribution in [1.29, 1.82) is 0 Å². The maximum Gasteiger partial charge on any atom is 0.0587 e. The van der Waals surface area contributed by atoms with Gasteiger partial charge in [0, 0.05) is 15.7 Å². The molecule has 0 bridgehead atoms. The van der Waals surface area contributed by atoms with Gasteiger partial charge in [-0.2, -0.15) is 0 Å². The Bertz CT molecular complexity index is 304. The number of isothiocyanates is 1. The molecule has 0 aliphatic carbocycles. The Hall–Kier alpha value is -0.340. The minimum atomic E-state index is 0.719. The molecule has 1 aromatic carbocycles. The van der Waals surface area contributed by atoms with Crippen molar-refractivity contribution in [2.45, 2.75) is 4.90 Å². The summed E-state index contributed by atoms with van der Waals surface area (Å²) in [7, 11) is 0. The van der Waals surface area contributed by atoms with Crippen LogP contribution in [-0.4, -0.2) is 17.5 Å². The quantitative estimate of drug-likeness (QED) is 0.339. The molecule has 0 saturated carbocycles. The molecule has 0 heterocycles. The Balaban J connectivity index is 2.37. The Morgan fingerprint density at radius 3 is 2.69 bits per heavy atom. The van der Waals surface area contributed by atoms with E-state index in [9.17, 15) is 0 Å². The van der Waals surface area contributed by atoms with Gasteiger partial charge in [-0.15, -0.1) is 11.8 Å². The van der Waals surface area contributed by atoms with Crippen LogP contribution in [0.1, 0.15) is 0 Å². The van der Waals surface area contributed by atoms with E-state index in [1.807, 2.05) is 24.3 Å². The van der Waals surface area contributed by atoms with Gasteiger partial charge in [-0.3, -0.25) is 0 Å². The van der Waals surface area contributed by atoms with Gasteiger partial charge in [-0.1, -0.05) is 11.6 Å². The van der Waals surface area contributed by atoms with E-state index in [1.54, 1.807) is 11.8 Å². The van der Waals surface area contributed by atoms with Crippen molar-refractivity contribution in [2.24, 2.45) is 4.99 Å². The summed E-state index contributed by atoms with van der Waals surface area (Å²) >= 11 is 11.9. The first-order chi connectivity index (χ1) is 6.33. The van der Waals surface area contributed by atoms with Crippen LogP contribution in [0, 0.1) is 0 Å². The molecule has 0 aromatic heterocycles. The number of nitrogens with zero attached hydrogens (tertiary/aromatic N) is 1. The van der Waals surface area contributed by atoms with E-state index in [2.05, 4.69) is 22.4 Å². The predicted octanol–water partition coefficient (Wildman–Crippen LogP) is 3.53. The highest BCUT2D eigenvalue weighted by Crippen LogP contribution is 2.19. The number of thiocarbonyl (C=S) groups is 1. The van der Waals surface area contributed by atoms with Crippen LogP contribution < -0.4 is 0 Å². The summed E-state index contributed by atoms with van der Waals surface area (Å²) in [5.41, 5.74) is 0. The lowest BCUT2D eigenvalue weighted by Crippen LogP contribution is -1.83. The highest BCUT2D eigenvalue weighted by molar-refractivity contribution is 7.99. The molecule has 0 saturated heterocycles. The third kappa shape index (κ3) is 4.44. The lowest BCUT2D eigenvalue weighted by Gasteiger charge is -1.98. The van der Waals surface area contributed by atoms with Crippen molar-refractivity contribution in [3.8, 4) is 0 Å². The molecule has 1 nitrogen and oxygen atoms in total. The monoisotopic (exact) mass is 229 g/mol. The Kier molecular flexibility index (Phi) is 5.09. The van der Waals surface area contributed by atoms with Crippen LogP contribution in [0.2, 0.25) is 5.02 Å². The smallest absolute Gasteiger partial charge is 0.0587 e. The van der Waals surface area contributed by atoms with Crippen molar-refractivity contribution in [2.75, 3.05) is 12.3 Å². The maximum absolute atomic E-state index is 5.74. The van der Waals surface area contributed by atoms with Gasteiger partial charge in [0.25, 0.3) is 0 Å². The highest BCUT2D eigenvalue weighted by atomic mass is 35.5. The SMILES string of the molecule is S=C=NCCSc1ccc(Cl)cc1. The summed E-state index contributed by atoms with van der Waals surface area (Å²) < 4.78 is 0. The van der Waals surface area contributed by atoms with Gasteiger partial charge in [0.15, 0.2) is 0 Å². The van der Waals surface area contributed by atoms with Crippen LogP contribution in [0.5, 0.6) is 0 Å². The Labute approximate surface area is 92.2 Å². The van der Waals surface area contributed by atoms with Crippen LogP contribution in [0.15, 0.2) is 34.2 Å². The summed E-state index contributed by atoms with van der Waals surface area (Å²) in [4.78, 5) is 5.02. The summed E-state index contributed by atoms with van der Waals surface area (Å²) in [5.74, 6) is 0.922. The van der Waals surface area contributed by atoms with Crippen LogP contribution >= 0.6 is 35.6 Å². The molecular formula is C9H8ClNS2. The summed E-state index contributed by atoms with van der Waals surface area (Å²) in [5, 5.41) is 3.10. The zero-order valence-electron chi connectivity index (χ0n) is 6.87. The summed E-state index contributed by atoms with van der Waals surface area (Å²) in [6, 6.07) is 7.75. The standard InChI is InChI=1S/C9H8ClNS2/c10-8-1-3-9(4-2-8)13-6-5-11-7-12/h1-4H,5-6H2. The van der Waals surface area contributed by atoms with Gasteiger partial charge in [-0.05, 0) is 36.5 Å². The predicted molar refractivity (Wildman–Crippen MR) is 62.1 cm³/mol. The first-order valence-corrected chi connectivity index (χ1v) is 5.52. The van der Waals surface area contributed by atoms with Gasteiger partial charge in [-0.25, -0.2) is 4.99 Å². The number of aliphatic imine (C=N–C) groups is 1. The molecule has 0 aliphatic rings. The molecule has 0 amide bonds. The first-order valence-electron chi connectivity index (χ1n) is 3.75. The molecule has 0 unspecified atom stereocenters. The van der Waals surface area contributed by atoms with Crippen LogP contribution in [-0.2, 0) is 0 Å². The van der Waals surface area contributed by atoms with Crippen molar-refractivity contribution in [3.63, 3.8) is 0 Å². The molecule has 1 aromatic rings. The fourth-order valence-electron chi connectivity index (χ4n) is 0.786. The lowest BCUT2D eigenvalue weighted by molar-refractivity contribution is 1.16. The molecule has 0 aliphatic heterocycles. The Morgan fingerprint density at radius 1 is 1.38 bits per heavy atom. The minimum absolute atomic E-state index is 0.719. The van der Waals surface area contributed by atoms with E-state index in [4.69, 9.17) is 11.6 Å². The number of rotatable bonds is 4. The van der Waals surface area contributed by atoms with Crippen molar-refractivity contribution >= 4 is 40.7 Å². The third-order valence-electron chi connectivity index (χ3n) is 1.35. The van der Waals surface area contributed by atoms with E-state index < -0.39 is 0 Å². The minimum Gasteiger partial charge on any atom is -0.232 e. The second-order valence-corrected chi connectivity index (χ2v) is 4.06. The highest BCUT2D eigenvalue weighted by Gasteiger charge is 1.92. The average Bonchev–Trinajstić information content (AvgIpc) is 2.15. The molecular weight excluding hydrogens is 222 g/mol. The van der Waals surface area contributed by atoms with Crippen LogP contribution in [0.3, 0.4) is 0 Å². The van der Waals surface area contributed by atoms with Crippen molar-refractivity contribution in [3.05, 3.63) is 29.3 Å². The molecule has 4 heteroatoms. The number of hydrogen-bond donors (Lipinski definition) is 0. The first kappa shape index (κ1) is 10.7. The molecule has 0 N–H and O–H groups in total. The van der Waals surface area contributed by atoms with E-state index in [0.29, 0.717) is 0 Å². The molecule has 0 radical (unpaired) electrons. The normalized spacial score (nSPS) is 9.31. The molecule has 0 atom stereocenters. The van der Waals surface area contributed by atoms with Gasteiger partial charge >= 0.3 is 0 Å². The fourth-order valence-corrected chi connectivity index (χ4v) is 1.75. The van der Waals surface area contributed by atoms with Gasteiger partial charge < -0.3 is 0 Å². The summed E-state index contributed by atoms with van der Waals surface area (Å²) in [6.07, 6.45) is 0. The molecule has 13 heavy (non-hydrogen) atoms. The third-order valence-corrected chi connectivity index (χ3v) is 2.72. The van der Waals surface area contributed by atoms with Crippen LogP contribution in [0.4, 0.5) is 0 Å². The number of benzene rings is 1. The van der Waals surface area contributed by atoms with Crippen molar-refractivity contribution in [1.82, 2.24) is 0 Å². The number of thioether (sulfide) groups is 1. The average molecular weight is 230 g/mol. The van der Waals surface area contributed by atoms with E-state index in [0.717, 1.165) is 17.3 Å². The molecule has 0 fully saturated rings. The van der Waals surface area contributed by atoms with Gasteiger partial charge in [0.05, 0.1) is 11.7 Å². The lowest BCUT2D eigenvalue weighted by atomic mass is 10.4. The largest absolute Gasteiger partial charge is 0.232 e. The second kappa shape index (κ2) is 6.17. The van der Waals surface area contributed by atoms with E-state index in [-0.39, 0.29) is 0 Å². The topological polar surface area (TPSA) is 12.4 Å².